The van der Waals surface area contributed by atoms with E-state index in [4.69, 9.17) is 0 Å². The Hall–Kier alpha value is -0.320. The number of hydrazone groups is 1. The molecule has 0 atom stereocenters. The second-order valence-corrected chi connectivity index (χ2v) is 3.69. The summed E-state index contributed by atoms with van der Waals surface area (Å²) >= 11 is 1.80. The first-order chi connectivity index (χ1) is 5.79. The molecule has 0 bridgehead atoms. The van der Waals surface area contributed by atoms with Crippen LogP contribution in [0.1, 0.15) is 12.8 Å². The van der Waals surface area contributed by atoms with Gasteiger partial charge in [0.05, 0.1) is 6.54 Å². The maximum absolute atomic E-state index is 11.7. The lowest BCUT2D eigenvalue weighted by atomic mass is 10.2. The van der Waals surface area contributed by atoms with Gasteiger partial charge in [-0.1, -0.05) is 0 Å². The average molecular weight is 194 g/mol. The molecule has 1 rings (SSSR count). The molecule has 2 nitrogen and oxygen atoms in total. The quantitative estimate of drug-likeness (QED) is 0.692. The number of halogens is 2. The predicted octanol–water partition coefficient (Wildman–Crippen LogP) is 1.72. The second-order valence-electron chi connectivity index (χ2n) is 2.59. The molecule has 1 fully saturated rings. The van der Waals surface area contributed by atoms with Gasteiger partial charge < -0.3 is 5.43 Å². The third-order valence-electron chi connectivity index (χ3n) is 1.51. The molecule has 1 heterocycles. The van der Waals surface area contributed by atoms with Crippen LogP contribution in [0, 0.1) is 0 Å². The van der Waals surface area contributed by atoms with E-state index in [-0.39, 0.29) is 6.54 Å². The van der Waals surface area contributed by atoms with Crippen LogP contribution >= 0.6 is 11.8 Å². The number of rotatable bonds is 3. The van der Waals surface area contributed by atoms with Crippen LogP contribution in [0.3, 0.4) is 0 Å². The van der Waals surface area contributed by atoms with E-state index in [0.717, 1.165) is 30.1 Å². The summed E-state index contributed by atoms with van der Waals surface area (Å²) in [6.07, 6.45) is -0.256. The molecular weight excluding hydrogens is 182 g/mol. The Labute approximate surface area is 74.8 Å². The molecular formula is C7H12F2N2S. The van der Waals surface area contributed by atoms with Crippen LogP contribution in [0.5, 0.6) is 0 Å². The average Bonchev–Trinajstić information content (AvgIpc) is 2.05. The lowest BCUT2D eigenvalue weighted by Gasteiger charge is -2.11. The van der Waals surface area contributed by atoms with E-state index in [9.17, 15) is 8.78 Å². The fraction of sp³-hybridized carbons (Fsp3) is 0.857. The van der Waals surface area contributed by atoms with E-state index in [1.807, 2.05) is 0 Å². The minimum absolute atomic E-state index is 0.339. The van der Waals surface area contributed by atoms with Gasteiger partial charge in [0.1, 0.15) is 0 Å². The van der Waals surface area contributed by atoms with E-state index < -0.39 is 6.43 Å². The third kappa shape index (κ3) is 3.90. The lowest BCUT2D eigenvalue weighted by molar-refractivity contribution is 0.146. The van der Waals surface area contributed by atoms with Crippen LogP contribution < -0.4 is 5.43 Å². The van der Waals surface area contributed by atoms with Crippen molar-refractivity contribution in [2.45, 2.75) is 19.3 Å². The number of thioether (sulfide) groups is 1. The van der Waals surface area contributed by atoms with Crippen LogP contribution in [-0.2, 0) is 0 Å². The van der Waals surface area contributed by atoms with Gasteiger partial charge in [0.15, 0.2) is 0 Å². The Morgan fingerprint density at radius 3 is 3.00 bits per heavy atom. The SMILES string of the molecule is FC(F)CN/N=C1\CCCSC1. The maximum atomic E-state index is 11.7. The highest BCUT2D eigenvalue weighted by Crippen LogP contribution is 2.13. The molecule has 12 heavy (non-hydrogen) atoms. The van der Waals surface area contributed by atoms with E-state index in [1.54, 1.807) is 11.8 Å². The molecule has 0 amide bonds. The molecule has 0 aliphatic carbocycles. The number of alkyl halides is 2. The van der Waals surface area contributed by atoms with Gasteiger partial charge in [-0.3, -0.25) is 0 Å². The molecule has 0 spiro atoms. The molecule has 1 saturated heterocycles. The topological polar surface area (TPSA) is 24.4 Å². The standard InChI is InChI=1S/C7H12F2N2S/c8-7(9)4-10-11-6-2-1-3-12-5-6/h7,10H,1-5H2/b11-6+. The fourth-order valence-electron chi connectivity index (χ4n) is 0.955. The van der Waals surface area contributed by atoms with Crippen LogP contribution in [0.15, 0.2) is 5.10 Å². The zero-order valence-corrected chi connectivity index (χ0v) is 7.54. The van der Waals surface area contributed by atoms with E-state index in [2.05, 4.69) is 10.5 Å². The Kier molecular flexibility index (Phi) is 4.35. The van der Waals surface area contributed by atoms with Gasteiger partial charge in [-0.25, -0.2) is 8.78 Å². The molecule has 0 aromatic rings. The summed E-state index contributed by atoms with van der Waals surface area (Å²) in [4.78, 5) is 0. The molecule has 0 aromatic carbocycles. The Morgan fingerprint density at radius 1 is 1.58 bits per heavy atom. The second kappa shape index (κ2) is 5.35. The van der Waals surface area contributed by atoms with Crippen molar-refractivity contribution >= 4 is 17.5 Å². The Morgan fingerprint density at radius 2 is 2.42 bits per heavy atom. The van der Waals surface area contributed by atoms with E-state index in [0.29, 0.717) is 0 Å². The number of nitrogens with zero attached hydrogens (tertiary/aromatic N) is 1. The molecule has 0 radical (unpaired) electrons. The smallest absolute Gasteiger partial charge is 0.257 e. The highest BCUT2D eigenvalue weighted by Gasteiger charge is 2.07. The summed E-state index contributed by atoms with van der Waals surface area (Å²) in [6, 6.07) is 0. The summed E-state index contributed by atoms with van der Waals surface area (Å²) in [6.45, 7) is -0.339. The number of nitrogens with one attached hydrogen (secondary N) is 1. The number of hydrogen-bond acceptors (Lipinski definition) is 3. The first-order valence-corrected chi connectivity index (χ1v) is 5.08. The van der Waals surface area contributed by atoms with Crippen molar-refractivity contribution in [3.63, 3.8) is 0 Å². The van der Waals surface area contributed by atoms with Crippen molar-refractivity contribution in [2.24, 2.45) is 5.10 Å². The third-order valence-corrected chi connectivity index (χ3v) is 2.62. The first kappa shape index (κ1) is 9.77. The summed E-state index contributed by atoms with van der Waals surface area (Å²) in [5.74, 6) is 2.05. The summed E-state index contributed by atoms with van der Waals surface area (Å²) < 4.78 is 23.3. The van der Waals surface area contributed by atoms with Crippen molar-refractivity contribution in [1.82, 2.24) is 5.43 Å². The van der Waals surface area contributed by atoms with Gasteiger partial charge in [0, 0.05) is 11.5 Å². The predicted molar refractivity (Wildman–Crippen MR) is 48.0 cm³/mol. The van der Waals surface area contributed by atoms with Gasteiger partial charge in [0.2, 0.25) is 0 Å². The maximum Gasteiger partial charge on any atom is 0.257 e. The van der Waals surface area contributed by atoms with Crippen LogP contribution in [0.25, 0.3) is 0 Å². The van der Waals surface area contributed by atoms with E-state index >= 15 is 0 Å². The molecule has 0 aromatic heterocycles. The Balaban J connectivity index is 2.16. The minimum Gasteiger partial charge on any atom is -0.304 e. The van der Waals surface area contributed by atoms with Crippen molar-refractivity contribution in [3.05, 3.63) is 0 Å². The van der Waals surface area contributed by atoms with Crippen LogP contribution in [0.2, 0.25) is 0 Å². The summed E-state index contributed by atoms with van der Waals surface area (Å²) in [7, 11) is 0. The molecule has 1 N–H and O–H groups in total. The van der Waals surface area contributed by atoms with E-state index in [1.165, 1.54) is 0 Å². The highest BCUT2D eigenvalue weighted by molar-refractivity contribution is 8.00. The Bertz CT molecular complexity index is 153. The van der Waals surface area contributed by atoms with Crippen molar-refractivity contribution < 1.29 is 8.78 Å². The van der Waals surface area contributed by atoms with Gasteiger partial charge in [-0.15, -0.1) is 0 Å². The van der Waals surface area contributed by atoms with Crippen molar-refractivity contribution in [2.75, 3.05) is 18.1 Å². The van der Waals surface area contributed by atoms with Crippen LogP contribution in [0.4, 0.5) is 8.78 Å². The van der Waals surface area contributed by atoms with Gasteiger partial charge >= 0.3 is 0 Å². The summed E-state index contributed by atoms with van der Waals surface area (Å²) in [5, 5.41) is 3.89. The molecule has 0 saturated carbocycles. The largest absolute Gasteiger partial charge is 0.304 e. The first-order valence-electron chi connectivity index (χ1n) is 3.93. The normalized spacial score (nSPS) is 21.8. The fourth-order valence-corrected chi connectivity index (χ4v) is 1.89. The zero-order chi connectivity index (χ0) is 8.81. The molecule has 1 aliphatic heterocycles. The van der Waals surface area contributed by atoms with Gasteiger partial charge in [0.25, 0.3) is 6.43 Å². The summed E-state index contributed by atoms with van der Waals surface area (Å²) in [5.41, 5.74) is 3.39. The molecule has 0 unspecified atom stereocenters. The number of hydrogen-bond donors (Lipinski definition) is 1. The monoisotopic (exact) mass is 194 g/mol. The lowest BCUT2D eigenvalue weighted by Crippen LogP contribution is -2.20. The van der Waals surface area contributed by atoms with Crippen molar-refractivity contribution in [1.29, 1.82) is 0 Å². The molecule has 5 heteroatoms. The van der Waals surface area contributed by atoms with Crippen molar-refractivity contribution in [3.8, 4) is 0 Å². The van der Waals surface area contributed by atoms with Crippen LogP contribution in [-0.4, -0.2) is 30.2 Å². The minimum atomic E-state index is -2.31. The van der Waals surface area contributed by atoms with Gasteiger partial charge in [-0.05, 0) is 18.6 Å². The molecule has 1 aliphatic rings. The van der Waals surface area contributed by atoms with Gasteiger partial charge in [-0.2, -0.15) is 16.9 Å². The molecule has 70 valence electrons. The highest BCUT2D eigenvalue weighted by atomic mass is 32.2. The zero-order valence-electron chi connectivity index (χ0n) is 6.72.